The van der Waals surface area contributed by atoms with E-state index >= 15 is 0 Å². The van der Waals surface area contributed by atoms with Gasteiger partial charge in [-0.25, -0.2) is 4.98 Å². The van der Waals surface area contributed by atoms with Gasteiger partial charge in [-0.2, -0.15) is 0 Å². The van der Waals surface area contributed by atoms with Gasteiger partial charge in [-0.1, -0.05) is 67.2 Å². The lowest BCUT2D eigenvalue weighted by Crippen LogP contribution is -2.46. The van der Waals surface area contributed by atoms with E-state index in [2.05, 4.69) is 12.5 Å². The van der Waals surface area contributed by atoms with Crippen LogP contribution in [0.15, 0.2) is 110 Å². The molecule has 146 valence electrons. The molecule has 3 heteroatoms. The van der Waals surface area contributed by atoms with Crippen molar-refractivity contribution in [3.8, 4) is 23.8 Å². The summed E-state index contributed by atoms with van der Waals surface area (Å²) >= 11 is 0. The standard InChI is InChI=1S/C27H21NO2/c1-3-26(29-22-14-7-5-8-15-22)27(4-2,30-23-16-9-6-10-17-23)25-20-19-21-13-11-12-18-24(21)28-25/h2-3,5-20,26H,1H2. The summed E-state index contributed by atoms with van der Waals surface area (Å²) in [5.74, 6) is 4.12. The highest BCUT2D eigenvalue weighted by Gasteiger charge is 2.44. The Morgan fingerprint density at radius 1 is 0.833 bits per heavy atom. The van der Waals surface area contributed by atoms with Crippen molar-refractivity contribution in [2.24, 2.45) is 0 Å². The Kier molecular flexibility index (Phi) is 5.50. The fraction of sp³-hybridized carbons (Fsp3) is 0.0741. The van der Waals surface area contributed by atoms with Gasteiger partial charge in [-0.15, -0.1) is 6.42 Å². The van der Waals surface area contributed by atoms with Gasteiger partial charge in [0.15, 0.2) is 6.10 Å². The van der Waals surface area contributed by atoms with Crippen molar-refractivity contribution in [3.63, 3.8) is 0 Å². The monoisotopic (exact) mass is 391 g/mol. The average Bonchev–Trinajstić information content (AvgIpc) is 2.82. The van der Waals surface area contributed by atoms with Crippen molar-refractivity contribution >= 4 is 10.9 Å². The molecule has 0 saturated heterocycles. The van der Waals surface area contributed by atoms with E-state index in [-0.39, 0.29) is 0 Å². The Hall–Kier alpha value is -4.03. The van der Waals surface area contributed by atoms with Crippen molar-refractivity contribution in [2.75, 3.05) is 0 Å². The maximum absolute atomic E-state index is 6.42. The number of nitrogens with zero attached hydrogens (tertiary/aromatic N) is 1. The summed E-state index contributed by atoms with van der Waals surface area (Å²) in [6.45, 7) is 3.97. The SMILES string of the molecule is C#CC(Oc1ccccc1)(c1ccc2ccccc2n1)C(C=C)Oc1ccccc1. The Labute approximate surface area is 176 Å². The minimum Gasteiger partial charge on any atom is -0.481 e. The maximum Gasteiger partial charge on any atom is 0.251 e. The van der Waals surface area contributed by atoms with Crippen LogP contribution in [0.4, 0.5) is 0 Å². The predicted molar refractivity (Wildman–Crippen MR) is 120 cm³/mol. The first kappa shape index (κ1) is 19.3. The highest BCUT2D eigenvalue weighted by molar-refractivity contribution is 5.78. The Morgan fingerprint density at radius 3 is 2.13 bits per heavy atom. The van der Waals surface area contributed by atoms with E-state index < -0.39 is 11.7 Å². The first-order valence-corrected chi connectivity index (χ1v) is 9.67. The predicted octanol–water partition coefficient (Wildman–Crippen LogP) is 5.78. The number of hydrogen-bond acceptors (Lipinski definition) is 3. The second-order valence-electron chi connectivity index (χ2n) is 6.77. The Bertz CT molecular complexity index is 1180. The van der Waals surface area contributed by atoms with Crippen LogP contribution in [-0.4, -0.2) is 11.1 Å². The second-order valence-corrected chi connectivity index (χ2v) is 6.77. The minimum absolute atomic E-state index is 0.577. The number of pyridine rings is 1. The number of hydrogen-bond donors (Lipinski definition) is 0. The van der Waals surface area contributed by atoms with Crippen LogP contribution in [0.1, 0.15) is 5.69 Å². The van der Waals surface area contributed by atoms with Crippen LogP contribution in [0.2, 0.25) is 0 Å². The van der Waals surface area contributed by atoms with Gasteiger partial charge in [0, 0.05) is 5.39 Å². The zero-order valence-corrected chi connectivity index (χ0v) is 16.4. The van der Waals surface area contributed by atoms with Gasteiger partial charge < -0.3 is 9.47 Å². The number of para-hydroxylation sites is 3. The summed E-state index contributed by atoms with van der Waals surface area (Å²) in [6, 6.07) is 30.6. The first-order chi connectivity index (χ1) is 14.7. The zero-order chi connectivity index (χ0) is 20.8. The summed E-state index contributed by atoms with van der Waals surface area (Å²) in [4.78, 5) is 4.83. The molecular weight excluding hydrogens is 370 g/mol. The Morgan fingerprint density at radius 2 is 1.47 bits per heavy atom. The molecule has 0 fully saturated rings. The van der Waals surface area contributed by atoms with E-state index in [0.29, 0.717) is 17.2 Å². The maximum atomic E-state index is 6.42. The first-order valence-electron chi connectivity index (χ1n) is 9.67. The van der Waals surface area contributed by atoms with Crippen molar-refractivity contribution in [2.45, 2.75) is 11.7 Å². The normalized spacial score (nSPS) is 13.6. The summed E-state index contributed by atoms with van der Waals surface area (Å²) in [6.07, 6.45) is 7.10. The highest BCUT2D eigenvalue weighted by atomic mass is 16.6. The molecule has 3 aromatic carbocycles. The fourth-order valence-corrected chi connectivity index (χ4v) is 3.33. The van der Waals surface area contributed by atoms with E-state index in [4.69, 9.17) is 20.9 Å². The minimum atomic E-state index is -1.32. The van der Waals surface area contributed by atoms with E-state index in [1.165, 1.54) is 0 Å². The molecule has 4 rings (SSSR count). The smallest absolute Gasteiger partial charge is 0.251 e. The van der Waals surface area contributed by atoms with Crippen LogP contribution in [0, 0.1) is 12.3 Å². The van der Waals surface area contributed by atoms with Crippen molar-refractivity contribution in [3.05, 3.63) is 115 Å². The van der Waals surface area contributed by atoms with Crippen molar-refractivity contribution in [1.29, 1.82) is 0 Å². The summed E-state index contributed by atoms with van der Waals surface area (Å²) in [5.41, 5.74) is 0.0883. The van der Waals surface area contributed by atoms with Gasteiger partial charge in [0.2, 0.25) is 0 Å². The summed E-state index contributed by atoms with van der Waals surface area (Å²) in [7, 11) is 0. The summed E-state index contributed by atoms with van der Waals surface area (Å²) < 4.78 is 12.6. The van der Waals surface area contributed by atoms with E-state index in [0.717, 1.165) is 10.9 Å². The van der Waals surface area contributed by atoms with Crippen molar-refractivity contribution < 1.29 is 9.47 Å². The van der Waals surface area contributed by atoms with E-state index in [9.17, 15) is 0 Å². The topological polar surface area (TPSA) is 31.4 Å². The summed E-state index contributed by atoms with van der Waals surface area (Å²) in [5, 5.41) is 1.02. The number of ether oxygens (including phenoxy) is 2. The molecule has 30 heavy (non-hydrogen) atoms. The molecule has 2 atom stereocenters. The van der Waals surface area contributed by atoms with Gasteiger partial charge in [-0.3, -0.25) is 0 Å². The van der Waals surface area contributed by atoms with E-state index in [1.54, 1.807) is 6.08 Å². The lowest BCUT2D eigenvalue weighted by Gasteiger charge is -2.35. The van der Waals surface area contributed by atoms with Crippen LogP contribution < -0.4 is 9.47 Å². The number of terminal acetylenes is 1. The van der Waals surface area contributed by atoms with Gasteiger partial charge in [-0.05, 0) is 48.4 Å². The number of benzene rings is 3. The van der Waals surface area contributed by atoms with Crippen LogP contribution in [0.5, 0.6) is 11.5 Å². The second kappa shape index (κ2) is 8.55. The Balaban J connectivity index is 1.85. The third-order valence-electron chi connectivity index (χ3n) is 4.84. The molecule has 0 aliphatic heterocycles. The highest BCUT2D eigenvalue weighted by Crippen LogP contribution is 2.34. The van der Waals surface area contributed by atoms with Gasteiger partial charge in [0.1, 0.15) is 17.2 Å². The molecule has 1 heterocycles. The van der Waals surface area contributed by atoms with Crippen molar-refractivity contribution in [1.82, 2.24) is 4.98 Å². The molecule has 0 amide bonds. The molecule has 1 aromatic heterocycles. The quantitative estimate of drug-likeness (QED) is 0.296. The average molecular weight is 391 g/mol. The molecule has 0 aliphatic rings. The third-order valence-corrected chi connectivity index (χ3v) is 4.84. The molecule has 4 aromatic rings. The molecule has 3 nitrogen and oxygen atoms in total. The number of rotatable bonds is 7. The number of fused-ring (bicyclic) bond motifs is 1. The van der Waals surface area contributed by atoms with Gasteiger partial charge in [0.25, 0.3) is 5.60 Å². The fourth-order valence-electron chi connectivity index (χ4n) is 3.33. The lowest BCUT2D eigenvalue weighted by molar-refractivity contribution is 0.0226. The number of aromatic nitrogens is 1. The zero-order valence-electron chi connectivity index (χ0n) is 16.4. The van der Waals surface area contributed by atoms with Crippen LogP contribution in [-0.2, 0) is 5.60 Å². The van der Waals surface area contributed by atoms with Gasteiger partial charge in [0.05, 0.1) is 5.52 Å². The molecule has 0 radical (unpaired) electrons. The van der Waals surface area contributed by atoms with Crippen LogP contribution in [0.25, 0.3) is 10.9 Å². The lowest BCUT2D eigenvalue weighted by atomic mass is 9.91. The molecule has 0 spiro atoms. The van der Waals surface area contributed by atoms with Crippen LogP contribution >= 0.6 is 0 Å². The third kappa shape index (κ3) is 3.76. The largest absolute Gasteiger partial charge is 0.481 e. The van der Waals surface area contributed by atoms with E-state index in [1.807, 2.05) is 97.1 Å². The molecule has 0 N–H and O–H groups in total. The molecule has 0 aliphatic carbocycles. The molecule has 0 bridgehead atoms. The molecule has 2 unspecified atom stereocenters. The van der Waals surface area contributed by atoms with Gasteiger partial charge >= 0.3 is 0 Å². The molecular formula is C27H21NO2. The molecule has 0 saturated carbocycles. The van der Waals surface area contributed by atoms with Crippen LogP contribution in [0.3, 0.4) is 0 Å².